The summed E-state index contributed by atoms with van der Waals surface area (Å²) in [5.41, 5.74) is 0. The van der Waals surface area contributed by atoms with E-state index in [4.69, 9.17) is 9.47 Å². The molecule has 0 saturated carbocycles. The molecule has 0 radical (unpaired) electrons. The van der Waals surface area contributed by atoms with Crippen molar-refractivity contribution in [1.82, 2.24) is 5.32 Å². The maximum Gasteiger partial charge on any atom is 0.174 e. The van der Waals surface area contributed by atoms with E-state index in [-0.39, 0.29) is 12.1 Å². The summed E-state index contributed by atoms with van der Waals surface area (Å²) < 4.78 is 10.8. The average Bonchev–Trinajstić information content (AvgIpc) is 2.24. The van der Waals surface area contributed by atoms with Gasteiger partial charge >= 0.3 is 0 Å². The zero-order chi connectivity index (χ0) is 12.4. The minimum absolute atomic E-state index is 0.0289. The van der Waals surface area contributed by atoms with Crippen molar-refractivity contribution >= 4 is 17.5 Å². The predicted molar refractivity (Wildman–Crippen MR) is 67.3 cm³/mol. The molecule has 16 heavy (non-hydrogen) atoms. The molecule has 0 aromatic rings. The molecule has 0 aromatic carbocycles. The number of ketones is 1. The first-order valence-electron chi connectivity index (χ1n) is 5.37. The summed E-state index contributed by atoms with van der Waals surface area (Å²) in [4.78, 5) is 10.9. The van der Waals surface area contributed by atoms with Crippen LogP contribution < -0.4 is 5.32 Å². The maximum atomic E-state index is 10.9. The predicted octanol–water partition coefficient (Wildman–Crippen LogP) is 1.77. The number of nitrogens with one attached hydrogen (secondary N) is 1. The van der Waals surface area contributed by atoms with Gasteiger partial charge in [-0.2, -0.15) is 0 Å². The zero-order valence-electron chi connectivity index (χ0n) is 10.4. The van der Waals surface area contributed by atoms with Gasteiger partial charge in [0.15, 0.2) is 12.1 Å². The second-order valence-corrected chi connectivity index (χ2v) is 3.89. The lowest BCUT2D eigenvalue weighted by Gasteiger charge is -2.18. The van der Waals surface area contributed by atoms with Gasteiger partial charge in [0.2, 0.25) is 0 Å². The van der Waals surface area contributed by atoms with E-state index in [2.05, 4.69) is 5.32 Å². The van der Waals surface area contributed by atoms with Gasteiger partial charge in [-0.15, -0.1) is 11.8 Å². The first kappa shape index (κ1) is 15.5. The zero-order valence-corrected chi connectivity index (χ0v) is 11.2. The van der Waals surface area contributed by atoms with Crippen molar-refractivity contribution in [3.05, 3.63) is 11.1 Å². The summed E-state index contributed by atoms with van der Waals surface area (Å²) in [6.07, 6.45) is 3.22. The van der Waals surface area contributed by atoms with Crippen molar-refractivity contribution in [3.8, 4) is 0 Å². The van der Waals surface area contributed by atoms with E-state index < -0.39 is 0 Å². The fourth-order valence-corrected chi connectivity index (χ4v) is 1.60. The monoisotopic (exact) mass is 247 g/mol. The summed E-state index contributed by atoms with van der Waals surface area (Å²) in [6, 6.07) is 0. The fourth-order valence-electron chi connectivity index (χ4n) is 1.09. The highest BCUT2D eigenvalue weighted by atomic mass is 32.2. The van der Waals surface area contributed by atoms with Gasteiger partial charge < -0.3 is 14.8 Å². The van der Waals surface area contributed by atoms with Crippen LogP contribution in [0.15, 0.2) is 11.1 Å². The molecule has 0 atom stereocenters. The average molecular weight is 247 g/mol. The molecule has 0 rings (SSSR count). The van der Waals surface area contributed by atoms with Gasteiger partial charge in [-0.25, -0.2) is 0 Å². The molecular formula is C11H21NO3S. The van der Waals surface area contributed by atoms with Crippen molar-refractivity contribution in [2.75, 3.05) is 26.0 Å². The van der Waals surface area contributed by atoms with Crippen LogP contribution in [0.4, 0.5) is 0 Å². The van der Waals surface area contributed by atoms with E-state index in [1.54, 1.807) is 6.08 Å². The largest absolute Gasteiger partial charge is 0.375 e. The number of allylic oxidation sites excluding steroid dienone is 1. The van der Waals surface area contributed by atoms with Crippen LogP contribution in [0.3, 0.4) is 0 Å². The van der Waals surface area contributed by atoms with E-state index in [1.165, 1.54) is 18.7 Å². The highest BCUT2D eigenvalue weighted by molar-refractivity contribution is 8.02. The van der Waals surface area contributed by atoms with E-state index in [9.17, 15) is 4.79 Å². The second kappa shape index (κ2) is 9.69. The molecule has 94 valence electrons. The Bertz CT molecular complexity index is 225. The Kier molecular flexibility index (Phi) is 9.37. The lowest BCUT2D eigenvalue weighted by atomic mass is 10.4. The molecule has 5 heteroatoms. The van der Waals surface area contributed by atoms with E-state index in [0.717, 1.165) is 5.03 Å². The molecule has 0 aliphatic rings. The van der Waals surface area contributed by atoms with Gasteiger partial charge in [0.25, 0.3) is 0 Å². The summed E-state index contributed by atoms with van der Waals surface area (Å²) >= 11 is 1.49. The molecule has 0 aromatic heterocycles. The molecule has 0 aliphatic heterocycles. The van der Waals surface area contributed by atoms with Crippen molar-refractivity contribution in [2.45, 2.75) is 27.1 Å². The Morgan fingerprint density at radius 1 is 1.38 bits per heavy atom. The molecule has 0 aliphatic carbocycles. The Hall–Kier alpha value is -0.520. The van der Waals surface area contributed by atoms with Crippen LogP contribution >= 0.6 is 11.8 Å². The summed E-state index contributed by atoms with van der Waals surface area (Å²) in [6.45, 7) is 7.14. The Morgan fingerprint density at radius 3 is 2.31 bits per heavy atom. The van der Waals surface area contributed by atoms with Crippen molar-refractivity contribution in [1.29, 1.82) is 0 Å². The van der Waals surface area contributed by atoms with E-state index in [1.807, 2.05) is 20.1 Å². The SMILES string of the molecule is CCOC(CNC(=CC(C)=O)SC)OCC. The molecule has 4 nitrogen and oxygen atoms in total. The first-order chi connectivity index (χ1) is 7.63. The maximum absolute atomic E-state index is 10.9. The number of thioether (sulfide) groups is 1. The lowest BCUT2D eigenvalue weighted by Crippen LogP contribution is -2.30. The highest BCUT2D eigenvalue weighted by Crippen LogP contribution is 2.07. The fraction of sp³-hybridized carbons (Fsp3) is 0.727. The van der Waals surface area contributed by atoms with Crippen LogP contribution in [0.25, 0.3) is 0 Å². The summed E-state index contributed by atoms with van der Waals surface area (Å²) in [5, 5.41) is 3.95. The van der Waals surface area contributed by atoms with Crippen molar-refractivity contribution in [3.63, 3.8) is 0 Å². The van der Waals surface area contributed by atoms with Crippen LogP contribution in [0, 0.1) is 0 Å². The highest BCUT2D eigenvalue weighted by Gasteiger charge is 2.08. The molecule has 0 amide bonds. The third-order valence-electron chi connectivity index (χ3n) is 1.70. The number of carbonyl (C=O) groups excluding carboxylic acids is 1. The summed E-state index contributed by atoms with van der Waals surface area (Å²) in [7, 11) is 0. The number of hydrogen-bond acceptors (Lipinski definition) is 5. The van der Waals surface area contributed by atoms with E-state index >= 15 is 0 Å². The third-order valence-corrected chi connectivity index (χ3v) is 2.40. The minimum atomic E-state index is -0.266. The first-order valence-corrected chi connectivity index (χ1v) is 6.59. The molecular weight excluding hydrogens is 226 g/mol. The van der Waals surface area contributed by atoms with Gasteiger partial charge in [0.1, 0.15) is 0 Å². The minimum Gasteiger partial charge on any atom is -0.375 e. The molecule has 0 saturated heterocycles. The molecule has 1 N–H and O–H groups in total. The van der Waals surface area contributed by atoms with Crippen LogP contribution in [-0.2, 0) is 14.3 Å². The van der Waals surface area contributed by atoms with Crippen molar-refractivity contribution < 1.29 is 14.3 Å². The normalized spacial score (nSPS) is 11.9. The molecule has 0 unspecified atom stereocenters. The molecule has 0 bridgehead atoms. The number of carbonyl (C=O) groups is 1. The van der Waals surface area contributed by atoms with Crippen LogP contribution in [0.5, 0.6) is 0 Å². The third kappa shape index (κ3) is 7.73. The topological polar surface area (TPSA) is 47.6 Å². The number of rotatable bonds is 9. The molecule has 0 spiro atoms. The van der Waals surface area contributed by atoms with Gasteiger partial charge in [0, 0.05) is 19.3 Å². The molecule has 0 heterocycles. The molecule has 0 fully saturated rings. The van der Waals surface area contributed by atoms with Gasteiger partial charge in [-0.1, -0.05) is 0 Å². The van der Waals surface area contributed by atoms with Gasteiger partial charge in [-0.05, 0) is 27.0 Å². The van der Waals surface area contributed by atoms with Gasteiger partial charge in [-0.3, -0.25) is 4.79 Å². The van der Waals surface area contributed by atoms with Crippen LogP contribution in [-0.4, -0.2) is 38.1 Å². The lowest BCUT2D eigenvalue weighted by molar-refractivity contribution is -0.131. The Balaban J connectivity index is 4.10. The quantitative estimate of drug-likeness (QED) is 0.497. The Labute approximate surface area is 102 Å². The second-order valence-electron chi connectivity index (χ2n) is 3.04. The van der Waals surface area contributed by atoms with Crippen LogP contribution in [0.1, 0.15) is 20.8 Å². The number of ether oxygens (including phenoxy) is 2. The number of hydrogen-bond donors (Lipinski definition) is 1. The standard InChI is InChI=1S/C11H21NO3S/c1-5-14-11(15-6-2)8-12-10(16-4)7-9(3)13/h7,11-12H,5-6,8H2,1-4H3. The van der Waals surface area contributed by atoms with Crippen molar-refractivity contribution in [2.24, 2.45) is 0 Å². The smallest absolute Gasteiger partial charge is 0.174 e. The van der Waals surface area contributed by atoms with E-state index in [0.29, 0.717) is 19.8 Å². The summed E-state index contributed by atoms with van der Waals surface area (Å²) in [5.74, 6) is 0.0289. The van der Waals surface area contributed by atoms with Crippen LogP contribution in [0.2, 0.25) is 0 Å². The Morgan fingerprint density at radius 2 is 1.94 bits per heavy atom. The van der Waals surface area contributed by atoms with Gasteiger partial charge in [0.05, 0.1) is 11.6 Å².